The molecule has 2 N–H and O–H groups in total. The van der Waals surface area contributed by atoms with Gasteiger partial charge in [-0.15, -0.1) is 0 Å². The monoisotopic (exact) mass is 187 g/mol. The molecule has 5 heteroatoms. The zero-order chi connectivity index (χ0) is 9.84. The third-order valence-corrected chi connectivity index (χ3v) is 2.08. The average molecular weight is 187 g/mol. The van der Waals surface area contributed by atoms with Crippen molar-refractivity contribution in [2.24, 2.45) is 5.92 Å². The van der Waals surface area contributed by atoms with Crippen molar-refractivity contribution in [3.8, 4) is 0 Å². The molecular weight excluding hydrogens is 174 g/mol. The molecule has 0 aromatic rings. The van der Waals surface area contributed by atoms with Crippen LogP contribution in [-0.2, 0) is 14.3 Å². The van der Waals surface area contributed by atoms with Crippen molar-refractivity contribution in [2.45, 2.75) is 19.4 Å². The van der Waals surface area contributed by atoms with E-state index >= 15 is 0 Å². The van der Waals surface area contributed by atoms with Gasteiger partial charge in [0.25, 0.3) is 0 Å². The molecule has 0 saturated carbocycles. The molecule has 0 bridgehead atoms. The van der Waals surface area contributed by atoms with Crippen LogP contribution in [0.25, 0.3) is 0 Å². The number of ether oxygens (including phenoxy) is 1. The summed E-state index contributed by atoms with van der Waals surface area (Å²) < 4.78 is 4.76. The number of aliphatic carboxylic acids is 1. The van der Waals surface area contributed by atoms with E-state index in [2.05, 4.69) is 5.32 Å². The number of carboxylic acids is 1. The molecule has 2 atom stereocenters. The van der Waals surface area contributed by atoms with Crippen LogP contribution in [-0.4, -0.2) is 36.2 Å². The predicted octanol–water partition coefficient (Wildman–Crippen LogP) is -0.388. The molecule has 0 radical (unpaired) electrons. The van der Waals surface area contributed by atoms with Crippen molar-refractivity contribution < 1.29 is 19.4 Å². The predicted molar refractivity (Wildman–Crippen MR) is 44.2 cm³/mol. The Hall–Kier alpha value is -1.10. The van der Waals surface area contributed by atoms with E-state index in [-0.39, 0.29) is 0 Å². The van der Waals surface area contributed by atoms with E-state index in [0.29, 0.717) is 19.6 Å². The fourth-order valence-electron chi connectivity index (χ4n) is 1.47. The van der Waals surface area contributed by atoms with Crippen molar-refractivity contribution in [1.82, 2.24) is 5.32 Å². The summed E-state index contributed by atoms with van der Waals surface area (Å²) in [4.78, 5) is 21.9. The smallest absolute Gasteiger partial charge is 0.321 e. The first-order valence-corrected chi connectivity index (χ1v) is 4.29. The Morgan fingerprint density at radius 3 is 2.85 bits per heavy atom. The quantitative estimate of drug-likeness (QED) is 0.588. The summed E-state index contributed by atoms with van der Waals surface area (Å²) in [5.74, 6) is -1.94. The van der Waals surface area contributed by atoms with E-state index < -0.39 is 23.9 Å². The zero-order valence-electron chi connectivity index (χ0n) is 7.45. The minimum Gasteiger partial charge on any atom is -0.480 e. The number of esters is 1. The Kier molecular flexibility index (Phi) is 3.25. The van der Waals surface area contributed by atoms with Crippen molar-refractivity contribution in [2.75, 3.05) is 13.2 Å². The van der Waals surface area contributed by atoms with Gasteiger partial charge in [-0.2, -0.15) is 0 Å². The lowest BCUT2D eigenvalue weighted by atomic mass is 10.0. The van der Waals surface area contributed by atoms with Crippen LogP contribution in [0.3, 0.4) is 0 Å². The molecule has 1 rings (SSSR count). The Bertz CT molecular complexity index is 216. The number of hydrogen-bond donors (Lipinski definition) is 2. The lowest BCUT2D eigenvalue weighted by molar-refractivity contribution is -0.153. The summed E-state index contributed by atoms with van der Waals surface area (Å²) in [5, 5.41) is 11.5. The average Bonchev–Trinajstić information content (AvgIpc) is 2.52. The fourth-order valence-corrected chi connectivity index (χ4v) is 1.47. The first-order valence-electron chi connectivity index (χ1n) is 4.29. The van der Waals surface area contributed by atoms with Gasteiger partial charge in [0.2, 0.25) is 0 Å². The molecule has 0 spiro atoms. The summed E-state index contributed by atoms with van der Waals surface area (Å²) in [6.45, 7) is 2.55. The van der Waals surface area contributed by atoms with Gasteiger partial charge in [-0.25, -0.2) is 0 Å². The normalized spacial score (nSPS) is 27.2. The van der Waals surface area contributed by atoms with Gasteiger partial charge in [-0.1, -0.05) is 0 Å². The number of carboxylic acid groups (broad SMARTS) is 1. The number of carbonyl (C=O) groups excluding carboxylic acids is 1. The van der Waals surface area contributed by atoms with Gasteiger partial charge in [0.05, 0.1) is 12.5 Å². The minimum absolute atomic E-state index is 0.293. The number of nitrogens with one attached hydrogen (secondary N) is 1. The van der Waals surface area contributed by atoms with Gasteiger partial charge in [0, 0.05) is 0 Å². The van der Waals surface area contributed by atoms with Gasteiger partial charge in [0.1, 0.15) is 6.04 Å². The molecule has 5 nitrogen and oxygen atoms in total. The number of carbonyl (C=O) groups is 2. The molecule has 1 aliphatic rings. The highest BCUT2D eigenvalue weighted by atomic mass is 16.5. The maximum Gasteiger partial charge on any atom is 0.321 e. The number of hydrogen-bond acceptors (Lipinski definition) is 4. The second-order valence-electron chi connectivity index (χ2n) is 2.92. The molecule has 1 heterocycles. The summed E-state index contributed by atoms with van der Waals surface area (Å²) in [6.07, 6.45) is 0.538. The van der Waals surface area contributed by atoms with Crippen molar-refractivity contribution in [3.63, 3.8) is 0 Å². The summed E-state index contributed by atoms with van der Waals surface area (Å²) >= 11 is 0. The topological polar surface area (TPSA) is 75.6 Å². The zero-order valence-corrected chi connectivity index (χ0v) is 7.45. The third-order valence-electron chi connectivity index (χ3n) is 2.08. The molecule has 0 unspecified atom stereocenters. The summed E-state index contributed by atoms with van der Waals surface area (Å²) in [5.41, 5.74) is 0. The van der Waals surface area contributed by atoms with Crippen LogP contribution < -0.4 is 5.32 Å². The van der Waals surface area contributed by atoms with E-state index in [4.69, 9.17) is 9.84 Å². The Labute approximate surface area is 76.1 Å². The molecule has 0 amide bonds. The van der Waals surface area contributed by atoms with Gasteiger partial charge in [0.15, 0.2) is 0 Å². The van der Waals surface area contributed by atoms with Crippen LogP contribution in [0.15, 0.2) is 0 Å². The van der Waals surface area contributed by atoms with Crippen molar-refractivity contribution in [1.29, 1.82) is 0 Å². The van der Waals surface area contributed by atoms with Crippen molar-refractivity contribution >= 4 is 11.9 Å². The maximum atomic E-state index is 11.2. The molecule has 74 valence electrons. The van der Waals surface area contributed by atoms with Gasteiger partial charge in [-0.3, -0.25) is 9.59 Å². The molecule has 13 heavy (non-hydrogen) atoms. The Morgan fingerprint density at radius 2 is 2.31 bits per heavy atom. The lowest BCUT2D eigenvalue weighted by Crippen LogP contribution is -2.39. The maximum absolute atomic E-state index is 11.2. The van der Waals surface area contributed by atoms with Crippen LogP contribution in [0.4, 0.5) is 0 Å². The van der Waals surface area contributed by atoms with E-state index in [1.165, 1.54) is 0 Å². The van der Waals surface area contributed by atoms with Crippen molar-refractivity contribution in [3.05, 3.63) is 0 Å². The Morgan fingerprint density at radius 1 is 1.62 bits per heavy atom. The van der Waals surface area contributed by atoms with E-state index in [9.17, 15) is 9.59 Å². The van der Waals surface area contributed by atoms with Crippen LogP contribution in [0.1, 0.15) is 13.3 Å². The van der Waals surface area contributed by atoms with Crippen LogP contribution >= 0.6 is 0 Å². The van der Waals surface area contributed by atoms with Crippen LogP contribution in [0.5, 0.6) is 0 Å². The number of rotatable bonds is 3. The van der Waals surface area contributed by atoms with Gasteiger partial charge in [-0.05, 0) is 19.9 Å². The minimum atomic E-state index is -0.990. The molecule has 0 aromatic heterocycles. The third kappa shape index (κ3) is 2.18. The lowest BCUT2D eigenvalue weighted by Gasteiger charge is -2.13. The SMILES string of the molecule is CCOC(=O)[C@H]1CCN[C@H]1C(=O)O. The fraction of sp³-hybridized carbons (Fsp3) is 0.750. The summed E-state index contributed by atoms with van der Waals surface area (Å²) in [7, 11) is 0. The van der Waals surface area contributed by atoms with Gasteiger partial charge >= 0.3 is 11.9 Å². The van der Waals surface area contributed by atoms with E-state index in [1.54, 1.807) is 6.92 Å². The summed E-state index contributed by atoms with van der Waals surface area (Å²) in [6, 6.07) is -0.779. The van der Waals surface area contributed by atoms with E-state index in [0.717, 1.165) is 0 Å². The first-order chi connectivity index (χ1) is 6.16. The molecular formula is C8H13NO4. The molecule has 1 saturated heterocycles. The van der Waals surface area contributed by atoms with E-state index in [1.807, 2.05) is 0 Å². The molecule has 1 aliphatic heterocycles. The highest BCUT2D eigenvalue weighted by molar-refractivity contribution is 5.84. The largest absolute Gasteiger partial charge is 0.480 e. The van der Waals surface area contributed by atoms with Crippen LogP contribution in [0, 0.1) is 5.92 Å². The standard InChI is InChI=1S/C8H13NO4/c1-2-13-8(12)5-3-4-9-6(5)7(10)11/h5-6,9H,2-4H2,1H3,(H,10,11)/t5-,6+/m0/s1. The second-order valence-corrected chi connectivity index (χ2v) is 2.92. The highest BCUT2D eigenvalue weighted by Crippen LogP contribution is 2.17. The molecule has 0 aliphatic carbocycles. The van der Waals surface area contributed by atoms with Crippen LogP contribution in [0.2, 0.25) is 0 Å². The Balaban J connectivity index is 2.57. The first kappa shape index (κ1) is 9.98. The molecule has 1 fully saturated rings. The molecule has 0 aromatic carbocycles. The van der Waals surface area contributed by atoms with Gasteiger partial charge < -0.3 is 15.2 Å². The second kappa shape index (κ2) is 4.23. The highest BCUT2D eigenvalue weighted by Gasteiger charge is 2.38.